The molecule has 2 aromatic rings. The number of hydrogen-bond donors (Lipinski definition) is 1. The standard InChI is InChI=1S/C15H14N2O2/c1-2-7-17(11-15(18)19)10-13-9-16-8-12-5-3-4-6-14(12)13/h1,3-6,8-9H,7,10-11H2,(H,18,19). The van der Waals surface area contributed by atoms with Crippen LogP contribution in [0.4, 0.5) is 0 Å². The van der Waals surface area contributed by atoms with Crippen molar-refractivity contribution in [2.75, 3.05) is 13.1 Å². The van der Waals surface area contributed by atoms with Crippen LogP contribution < -0.4 is 0 Å². The van der Waals surface area contributed by atoms with E-state index in [1.807, 2.05) is 24.3 Å². The van der Waals surface area contributed by atoms with Crippen molar-refractivity contribution >= 4 is 16.7 Å². The van der Waals surface area contributed by atoms with Gasteiger partial charge in [-0.15, -0.1) is 6.42 Å². The van der Waals surface area contributed by atoms with Crippen LogP contribution in [-0.4, -0.2) is 34.0 Å². The van der Waals surface area contributed by atoms with Crippen molar-refractivity contribution in [3.8, 4) is 12.3 Å². The number of aliphatic carboxylic acids is 1. The molecule has 0 atom stereocenters. The molecule has 2 rings (SSSR count). The quantitative estimate of drug-likeness (QED) is 0.826. The average molecular weight is 254 g/mol. The predicted molar refractivity (Wildman–Crippen MR) is 73.5 cm³/mol. The first kappa shape index (κ1) is 13.1. The Kier molecular flexibility index (Phi) is 4.11. The second kappa shape index (κ2) is 5.98. The van der Waals surface area contributed by atoms with Crippen LogP contribution in [0.5, 0.6) is 0 Å². The smallest absolute Gasteiger partial charge is 0.317 e. The Labute approximate surface area is 111 Å². The van der Waals surface area contributed by atoms with Crippen molar-refractivity contribution in [3.05, 3.63) is 42.2 Å². The Bertz CT molecular complexity index is 626. The molecule has 0 radical (unpaired) electrons. The van der Waals surface area contributed by atoms with E-state index in [2.05, 4.69) is 10.9 Å². The molecule has 1 N–H and O–H groups in total. The van der Waals surface area contributed by atoms with E-state index in [-0.39, 0.29) is 6.54 Å². The molecule has 96 valence electrons. The Morgan fingerprint density at radius 2 is 2.16 bits per heavy atom. The Morgan fingerprint density at radius 3 is 2.89 bits per heavy atom. The van der Waals surface area contributed by atoms with E-state index in [0.717, 1.165) is 16.3 Å². The summed E-state index contributed by atoms with van der Waals surface area (Å²) in [4.78, 5) is 16.7. The van der Waals surface area contributed by atoms with Crippen LogP contribution in [0.3, 0.4) is 0 Å². The number of terminal acetylenes is 1. The van der Waals surface area contributed by atoms with Crippen LogP contribution in [0.1, 0.15) is 5.56 Å². The molecule has 0 spiro atoms. The minimum absolute atomic E-state index is 0.0760. The molecule has 0 aliphatic heterocycles. The van der Waals surface area contributed by atoms with Gasteiger partial charge in [0.25, 0.3) is 0 Å². The highest BCUT2D eigenvalue weighted by Gasteiger charge is 2.11. The summed E-state index contributed by atoms with van der Waals surface area (Å²) in [5.41, 5.74) is 0.981. The highest BCUT2D eigenvalue weighted by Crippen LogP contribution is 2.18. The topological polar surface area (TPSA) is 53.4 Å². The van der Waals surface area contributed by atoms with Crippen molar-refractivity contribution in [1.29, 1.82) is 0 Å². The summed E-state index contributed by atoms with van der Waals surface area (Å²) in [6.45, 7) is 0.702. The normalized spacial score (nSPS) is 10.5. The van der Waals surface area contributed by atoms with Crippen molar-refractivity contribution in [3.63, 3.8) is 0 Å². The van der Waals surface area contributed by atoms with Crippen LogP contribution in [-0.2, 0) is 11.3 Å². The molecular formula is C15H14N2O2. The van der Waals surface area contributed by atoms with Crippen molar-refractivity contribution in [2.24, 2.45) is 0 Å². The lowest BCUT2D eigenvalue weighted by molar-refractivity contribution is -0.138. The molecule has 0 saturated heterocycles. The number of carboxylic acid groups (broad SMARTS) is 1. The van der Waals surface area contributed by atoms with E-state index >= 15 is 0 Å². The van der Waals surface area contributed by atoms with Gasteiger partial charge in [0.1, 0.15) is 0 Å². The molecule has 0 unspecified atom stereocenters. The zero-order valence-electron chi connectivity index (χ0n) is 10.4. The zero-order valence-corrected chi connectivity index (χ0v) is 10.4. The molecule has 0 amide bonds. The summed E-state index contributed by atoms with van der Waals surface area (Å²) in [7, 11) is 0. The van der Waals surface area contributed by atoms with Gasteiger partial charge < -0.3 is 5.11 Å². The molecule has 0 aliphatic carbocycles. The predicted octanol–water partition coefficient (Wildman–Crippen LogP) is 1.75. The lowest BCUT2D eigenvalue weighted by Crippen LogP contribution is -2.29. The van der Waals surface area contributed by atoms with Crippen molar-refractivity contribution in [2.45, 2.75) is 6.54 Å². The first-order valence-corrected chi connectivity index (χ1v) is 5.90. The number of fused-ring (bicyclic) bond motifs is 1. The van der Waals surface area contributed by atoms with Gasteiger partial charge in [-0.1, -0.05) is 30.2 Å². The Hall–Kier alpha value is -2.38. The molecule has 0 aliphatic rings. The molecule has 1 aromatic heterocycles. The van der Waals surface area contributed by atoms with Gasteiger partial charge in [0, 0.05) is 24.3 Å². The molecule has 19 heavy (non-hydrogen) atoms. The third-order valence-corrected chi connectivity index (χ3v) is 2.82. The molecule has 0 bridgehead atoms. The highest BCUT2D eigenvalue weighted by molar-refractivity contribution is 5.84. The lowest BCUT2D eigenvalue weighted by Gasteiger charge is -2.18. The Balaban J connectivity index is 2.28. The second-order valence-corrected chi connectivity index (χ2v) is 4.26. The fourth-order valence-electron chi connectivity index (χ4n) is 2.03. The highest BCUT2D eigenvalue weighted by atomic mass is 16.4. The average Bonchev–Trinajstić information content (AvgIpc) is 2.39. The van der Waals surface area contributed by atoms with Gasteiger partial charge in [0.05, 0.1) is 13.1 Å². The summed E-state index contributed by atoms with van der Waals surface area (Å²) in [5, 5.41) is 11.0. The monoisotopic (exact) mass is 254 g/mol. The van der Waals surface area contributed by atoms with E-state index in [1.54, 1.807) is 17.3 Å². The largest absolute Gasteiger partial charge is 0.480 e. The number of hydrogen-bond acceptors (Lipinski definition) is 3. The first-order valence-electron chi connectivity index (χ1n) is 5.90. The van der Waals surface area contributed by atoms with Gasteiger partial charge in [0.15, 0.2) is 0 Å². The summed E-state index contributed by atoms with van der Waals surface area (Å²) < 4.78 is 0. The van der Waals surface area contributed by atoms with Crippen molar-refractivity contribution in [1.82, 2.24) is 9.88 Å². The van der Waals surface area contributed by atoms with E-state index in [1.165, 1.54) is 0 Å². The van der Waals surface area contributed by atoms with Crippen LogP contribution in [0, 0.1) is 12.3 Å². The molecule has 0 saturated carbocycles. The molecule has 0 fully saturated rings. The van der Waals surface area contributed by atoms with Gasteiger partial charge in [-0.05, 0) is 10.9 Å². The fraction of sp³-hybridized carbons (Fsp3) is 0.200. The van der Waals surface area contributed by atoms with Gasteiger partial charge in [-0.2, -0.15) is 0 Å². The maximum Gasteiger partial charge on any atom is 0.317 e. The van der Waals surface area contributed by atoms with Crippen LogP contribution in [0.2, 0.25) is 0 Å². The van der Waals surface area contributed by atoms with E-state index in [0.29, 0.717) is 13.1 Å². The van der Waals surface area contributed by atoms with E-state index in [9.17, 15) is 4.79 Å². The number of aromatic nitrogens is 1. The summed E-state index contributed by atoms with van der Waals surface area (Å²) >= 11 is 0. The SMILES string of the molecule is C#CCN(CC(=O)O)Cc1cncc2ccccc12. The van der Waals surface area contributed by atoms with Crippen LogP contribution in [0.25, 0.3) is 10.8 Å². The summed E-state index contributed by atoms with van der Waals surface area (Å²) in [6.07, 6.45) is 8.82. The molecule has 1 heterocycles. The van der Waals surface area contributed by atoms with Crippen LogP contribution >= 0.6 is 0 Å². The number of nitrogens with zero attached hydrogens (tertiary/aromatic N) is 2. The maximum absolute atomic E-state index is 10.8. The third kappa shape index (κ3) is 3.30. The lowest BCUT2D eigenvalue weighted by atomic mass is 10.1. The minimum atomic E-state index is -0.886. The minimum Gasteiger partial charge on any atom is -0.480 e. The maximum atomic E-state index is 10.8. The summed E-state index contributed by atoms with van der Waals surface area (Å²) in [6, 6.07) is 7.88. The molecule has 1 aromatic carbocycles. The number of pyridine rings is 1. The van der Waals surface area contributed by atoms with Gasteiger partial charge in [-0.3, -0.25) is 14.7 Å². The second-order valence-electron chi connectivity index (χ2n) is 4.26. The van der Waals surface area contributed by atoms with Crippen LogP contribution in [0.15, 0.2) is 36.7 Å². The van der Waals surface area contributed by atoms with Gasteiger partial charge >= 0.3 is 5.97 Å². The fourth-order valence-corrected chi connectivity index (χ4v) is 2.03. The molecule has 4 heteroatoms. The van der Waals surface area contributed by atoms with Crippen molar-refractivity contribution < 1.29 is 9.90 Å². The third-order valence-electron chi connectivity index (χ3n) is 2.82. The Morgan fingerprint density at radius 1 is 1.37 bits per heavy atom. The molecule has 4 nitrogen and oxygen atoms in total. The first-order chi connectivity index (χ1) is 9.20. The van der Waals surface area contributed by atoms with E-state index in [4.69, 9.17) is 11.5 Å². The van der Waals surface area contributed by atoms with Gasteiger partial charge in [0.2, 0.25) is 0 Å². The number of rotatable bonds is 5. The number of benzene rings is 1. The molecular weight excluding hydrogens is 240 g/mol. The van der Waals surface area contributed by atoms with E-state index < -0.39 is 5.97 Å². The summed E-state index contributed by atoms with van der Waals surface area (Å²) in [5.74, 6) is 1.60. The van der Waals surface area contributed by atoms with Gasteiger partial charge in [-0.25, -0.2) is 0 Å². The number of carboxylic acids is 1. The number of carbonyl (C=O) groups is 1. The zero-order chi connectivity index (χ0) is 13.7.